The zero-order valence-corrected chi connectivity index (χ0v) is 29.4. The highest BCUT2D eigenvalue weighted by molar-refractivity contribution is 6.07. The van der Waals surface area contributed by atoms with Gasteiger partial charge in [-0.15, -0.1) is 0 Å². The Morgan fingerprint density at radius 1 is 1.08 bits per heavy atom. The molecule has 0 spiro atoms. The molecule has 3 aliphatic heterocycles. The number of rotatable bonds is 8. The fraction of sp³-hybridized carbons (Fsp3) is 0.421. The second kappa shape index (κ2) is 13.3. The van der Waals surface area contributed by atoms with E-state index in [9.17, 15) is 9.59 Å². The number of H-pyrrole nitrogens is 2. The van der Waals surface area contributed by atoms with E-state index in [4.69, 9.17) is 27.2 Å². The maximum absolute atomic E-state index is 14.0. The first-order valence-corrected chi connectivity index (χ1v) is 17.6. The number of carbonyl (C=O) groups excluding carboxylic acids is 2. The van der Waals surface area contributed by atoms with E-state index in [1.807, 2.05) is 35.8 Å². The van der Waals surface area contributed by atoms with Gasteiger partial charge in [-0.1, -0.05) is 32.0 Å². The number of nitrogens with one attached hydrogen (secondary N) is 3. The van der Waals surface area contributed by atoms with Crippen LogP contribution in [0.1, 0.15) is 62.4 Å². The molecule has 0 bridgehead atoms. The first-order chi connectivity index (χ1) is 24.7. The molecule has 2 fully saturated rings. The molecule has 5 heterocycles. The maximum atomic E-state index is 14.0. The topological polar surface area (TPSA) is 138 Å². The first-order valence-electron chi connectivity index (χ1n) is 17.6. The van der Waals surface area contributed by atoms with Crippen LogP contribution in [0.25, 0.3) is 44.2 Å². The van der Waals surface area contributed by atoms with Gasteiger partial charge in [0.2, 0.25) is 5.91 Å². The summed E-state index contributed by atoms with van der Waals surface area (Å²) >= 11 is 0. The van der Waals surface area contributed by atoms with Crippen molar-refractivity contribution in [2.24, 2.45) is 11.8 Å². The molecule has 262 valence electrons. The third-order valence-corrected chi connectivity index (χ3v) is 10.7. The Labute approximate surface area is 297 Å². The lowest BCUT2D eigenvalue weighted by Gasteiger charge is -2.30. The third-order valence-electron chi connectivity index (χ3n) is 10.7. The van der Waals surface area contributed by atoms with Crippen molar-refractivity contribution in [1.82, 2.24) is 35.0 Å². The summed E-state index contributed by atoms with van der Waals surface area (Å²) in [5.74, 6) is 2.23. The second-order valence-corrected chi connectivity index (χ2v) is 14.3. The molecule has 0 aliphatic carbocycles. The van der Waals surface area contributed by atoms with Crippen molar-refractivity contribution in [2.45, 2.75) is 57.8 Å². The van der Waals surface area contributed by atoms with Gasteiger partial charge in [0.05, 0.1) is 48.7 Å². The molecule has 13 heteroatoms. The molecular formula is C38H42BN7O5. The van der Waals surface area contributed by atoms with Crippen LogP contribution in [0.5, 0.6) is 5.75 Å². The van der Waals surface area contributed by atoms with Crippen molar-refractivity contribution in [2.75, 3.05) is 33.9 Å². The minimum absolute atomic E-state index is 0.122. The van der Waals surface area contributed by atoms with Gasteiger partial charge in [0, 0.05) is 30.5 Å². The quantitative estimate of drug-likeness (QED) is 0.174. The maximum Gasteiger partial charge on any atom is 0.407 e. The molecule has 8 rings (SSSR count). The molecule has 51 heavy (non-hydrogen) atoms. The van der Waals surface area contributed by atoms with E-state index in [1.54, 1.807) is 7.11 Å². The predicted molar refractivity (Wildman–Crippen MR) is 194 cm³/mol. The van der Waals surface area contributed by atoms with Crippen molar-refractivity contribution in [1.29, 1.82) is 0 Å². The first kappa shape index (κ1) is 33.3. The van der Waals surface area contributed by atoms with Gasteiger partial charge in [-0.25, -0.2) is 14.8 Å². The van der Waals surface area contributed by atoms with Crippen LogP contribution in [-0.4, -0.2) is 89.6 Å². The fourth-order valence-electron chi connectivity index (χ4n) is 8.03. The number of alkyl carbamates (subject to hydrolysis) is 1. The SMILES string of the molecule is [B]N1CCC[C@H]1c1ncc(-c2ccc3c(c2)COc2cc4c(ccc5[nH]c([C@@H]6C[C@H](COC)CN6C(=O)[C@@H](NC(=O)OC)C(C)C)nc54)cc2-3)[nH]1. The third kappa shape index (κ3) is 6.01. The van der Waals surface area contributed by atoms with Crippen molar-refractivity contribution >= 4 is 41.8 Å². The summed E-state index contributed by atoms with van der Waals surface area (Å²) in [6.45, 7) is 6.15. The van der Waals surface area contributed by atoms with E-state index in [0.717, 1.165) is 80.7 Å². The molecule has 5 aromatic rings. The number of methoxy groups -OCH3 is 2. The van der Waals surface area contributed by atoms with Gasteiger partial charge >= 0.3 is 6.09 Å². The molecule has 3 N–H and O–H groups in total. The molecule has 4 atom stereocenters. The zero-order chi connectivity index (χ0) is 35.4. The fourth-order valence-corrected chi connectivity index (χ4v) is 8.03. The van der Waals surface area contributed by atoms with Crippen molar-refractivity contribution in [3.63, 3.8) is 0 Å². The lowest BCUT2D eigenvalue weighted by molar-refractivity contribution is -0.135. The molecule has 0 unspecified atom stereocenters. The highest BCUT2D eigenvalue weighted by Gasteiger charge is 2.41. The standard InChI is InChI=1S/C38H42BN7O5/c1-20(2)33(44-38(48)50-4)37(47)45-17-21(18-49-3)12-31(45)36-41-28-10-8-22-14-27-25-9-7-23(29-16-40-35(42-29)30-6-5-11-46(30)39)13-24(25)19-51-32(27)15-26(22)34(28)43-36/h7-10,13-16,20-21,30-31,33H,5-6,11-12,17-19H2,1-4H3,(H,40,42)(H,41,43)(H,44,48)/t21-,30-,31-,33-/m0/s1. The molecule has 2 radical (unpaired) electrons. The second-order valence-electron chi connectivity index (χ2n) is 14.3. The molecule has 3 aliphatic rings. The lowest BCUT2D eigenvalue weighted by Crippen LogP contribution is -2.51. The Morgan fingerprint density at radius 2 is 1.94 bits per heavy atom. The van der Waals surface area contributed by atoms with Crippen LogP contribution in [0.3, 0.4) is 0 Å². The number of carbonyl (C=O) groups is 2. The molecule has 0 saturated carbocycles. The van der Waals surface area contributed by atoms with Gasteiger partial charge in [-0.2, -0.15) is 0 Å². The number of benzene rings is 3. The molecule has 2 saturated heterocycles. The number of amides is 2. The van der Waals surface area contributed by atoms with Crippen LogP contribution in [0, 0.1) is 11.8 Å². The number of fused-ring (bicyclic) bond motifs is 6. The van der Waals surface area contributed by atoms with E-state index in [1.165, 1.54) is 7.11 Å². The lowest BCUT2D eigenvalue weighted by atomic mass is 9.92. The monoisotopic (exact) mass is 687 g/mol. The Balaban J connectivity index is 1.10. The number of aromatic nitrogens is 4. The number of aromatic amines is 2. The largest absolute Gasteiger partial charge is 0.488 e. The number of hydrogen-bond donors (Lipinski definition) is 3. The number of imidazole rings is 2. The van der Waals surface area contributed by atoms with Gasteiger partial charge in [-0.3, -0.25) is 4.79 Å². The normalized spacial score (nSPS) is 20.8. The average molecular weight is 688 g/mol. The van der Waals surface area contributed by atoms with Crippen LogP contribution in [0.15, 0.2) is 48.7 Å². The van der Waals surface area contributed by atoms with Crippen molar-refractivity contribution in [3.05, 3.63) is 65.9 Å². The summed E-state index contributed by atoms with van der Waals surface area (Å²) in [7, 11) is 9.15. The molecule has 3 aromatic carbocycles. The van der Waals surface area contributed by atoms with Gasteiger partial charge in [0.15, 0.2) is 7.98 Å². The van der Waals surface area contributed by atoms with E-state index < -0.39 is 12.1 Å². The Morgan fingerprint density at radius 3 is 2.71 bits per heavy atom. The Kier molecular flexibility index (Phi) is 8.71. The Hall–Kier alpha value is -4.88. The van der Waals surface area contributed by atoms with Crippen LogP contribution in [0.2, 0.25) is 0 Å². The molecule has 2 aromatic heterocycles. The number of likely N-dealkylation sites (tertiary alicyclic amines) is 1. The smallest absolute Gasteiger partial charge is 0.407 e. The zero-order valence-electron chi connectivity index (χ0n) is 29.4. The number of hydrogen-bond acceptors (Lipinski definition) is 8. The summed E-state index contributed by atoms with van der Waals surface area (Å²) < 4.78 is 16.7. The summed E-state index contributed by atoms with van der Waals surface area (Å²) in [5.41, 5.74) is 7.00. The summed E-state index contributed by atoms with van der Waals surface area (Å²) in [6.07, 6.45) is 4.01. The average Bonchev–Trinajstić information content (AvgIpc) is 3.95. The van der Waals surface area contributed by atoms with Crippen LogP contribution < -0.4 is 10.1 Å². The van der Waals surface area contributed by atoms with E-state index in [0.29, 0.717) is 32.0 Å². The van der Waals surface area contributed by atoms with Crippen molar-refractivity contribution in [3.8, 4) is 28.1 Å². The molecule has 2 amide bonds. The minimum Gasteiger partial charge on any atom is -0.488 e. The van der Waals surface area contributed by atoms with Gasteiger partial charge in [0.25, 0.3) is 0 Å². The Bertz CT molecular complexity index is 2130. The van der Waals surface area contributed by atoms with Gasteiger partial charge in [-0.05, 0) is 78.1 Å². The van der Waals surface area contributed by atoms with E-state index >= 15 is 0 Å². The van der Waals surface area contributed by atoms with Crippen LogP contribution >= 0.6 is 0 Å². The van der Waals surface area contributed by atoms with Crippen LogP contribution in [-0.2, 0) is 20.9 Å². The molecule has 12 nitrogen and oxygen atoms in total. The number of nitrogens with zero attached hydrogens (tertiary/aromatic N) is 4. The van der Waals surface area contributed by atoms with Crippen LogP contribution in [0.4, 0.5) is 4.79 Å². The highest BCUT2D eigenvalue weighted by Crippen LogP contribution is 2.43. The highest BCUT2D eigenvalue weighted by atomic mass is 16.5. The van der Waals surface area contributed by atoms with Crippen molar-refractivity contribution < 1.29 is 23.8 Å². The summed E-state index contributed by atoms with van der Waals surface area (Å²) in [4.78, 5) is 46.6. The van der Waals surface area contributed by atoms with Gasteiger partial charge < -0.3 is 39.2 Å². The van der Waals surface area contributed by atoms with E-state index in [2.05, 4.69) is 56.7 Å². The van der Waals surface area contributed by atoms with Gasteiger partial charge in [0.1, 0.15) is 30.0 Å². The summed E-state index contributed by atoms with van der Waals surface area (Å²) in [6, 6.07) is 13.9. The minimum atomic E-state index is -0.736. The molecular weight excluding hydrogens is 645 g/mol. The predicted octanol–water partition coefficient (Wildman–Crippen LogP) is 5.80. The summed E-state index contributed by atoms with van der Waals surface area (Å²) in [5, 5.41) is 4.74. The number of ether oxygens (including phenoxy) is 3. The van der Waals surface area contributed by atoms with E-state index in [-0.39, 0.29) is 29.8 Å².